The molecule has 7 aromatic rings. The second-order valence-electron chi connectivity index (χ2n) is 14.3. The van der Waals surface area contributed by atoms with Gasteiger partial charge in [0.05, 0.1) is 0 Å². The third kappa shape index (κ3) is 4.58. The smallest absolute Gasteiger partial charge is 0.0418 e. The molecule has 0 saturated heterocycles. The van der Waals surface area contributed by atoms with Crippen molar-refractivity contribution in [2.75, 3.05) is 0 Å². The van der Waals surface area contributed by atoms with Crippen LogP contribution in [0.15, 0.2) is 163 Å². The zero-order valence-corrected chi connectivity index (χ0v) is 29.2. The molecule has 0 N–H and O–H groups in total. The highest BCUT2D eigenvalue weighted by Crippen LogP contribution is 2.65. The highest BCUT2D eigenvalue weighted by atomic mass is 14.6. The van der Waals surface area contributed by atoms with Gasteiger partial charge in [0.1, 0.15) is 0 Å². The number of benzene rings is 7. The molecule has 0 radical (unpaired) electrons. The Kier molecular flexibility index (Phi) is 7.43. The van der Waals surface area contributed by atoms with Gasteiger partial charge in [0.2, 0.25) is 0 Å². The Labute approximate surface area is 296 Å². The minimum Gasteiger partial charge on any atom is -0.0639 e. The minimum absolute atomic E-state index is 0.110. The van der Waals surface area contributed by atoms with E-state index in [4.69, 9.17) is 0 Å². The van der Waals surface area contributed by atoms with E-state index in [0.717, 1.165) is 12.8 Å². The van der Waals surface area contributed by atoms with Gasteiger partial charge in [-0.25, -0.2) is 0 Å². The third-order valence-corrected chi connectivity index (χ3v) is 11.7. The van der Waals surface area contributed by atoms with Crippen molar-refractivity contribution in [3.05, 3.63) is 208 Å². The van der Waals surface area contributed by atoms with Gasteiger partial charge in [-0.15, -0.1) is 0 Å². The Morgan fingerprint density at radius 1 is 0.460 bits per heavy atom. The fraction of sp³-hybridized carbons (Fsp3) is 0.160. The van der Waals surface area contributed by atoms with Crippen LogP contribution in [0.4, 0.5) is 0 Å². The summed E-state index contributed by atoms with van der Waals surface area (Å²) in [5, 5.41) is 2.55. The predicted octanol–water partition coefficient (Wildman–Crippen LogP) is 12.9. The molecule has 0 spiro atoms. The van der Waals surface area contributed by atoms with Gasteiger partial charge in [-0.2, -0.15) is 0 Å². The predicted molar refractivity (Wildman–Crippen MR) is 212 cm³/mol. The average Bonchev–Trinajstić information content (AvgIpc) is 3.69. The van der Waals surface area contributed by atoms with Crippen molar-refractivity contribution >= 4 is 16.8 Å². The first-order valence-electron chi connectivity index (χ1n) is 18.3. The lowest BCUT2D eigenvalue weighted by Gasteiger charge is -2.47. The number of fused-ring (bicyclic) bond motifs is 5. The first kappa shape index (κ1) is 30.6. The summed E-state index contributed by atoms with van der Waals surface area (Å²) in [5.74, 6) is 0.223. The highest BCUT2D eigenvalue weighted by Gasteiger charge is 2.54. The van der Waals surface area contributed by atoms with Gasteiger partial charge in [0, 0.05) is 17.3 Å². The number of rotatable bonds is 7. The van der Waals surface area contributed by atoms with Crippen LogP contribution in [0.3, 0.4) is 0 Å². The van der Waals surface area contributed by atoms with Gasteiger partial charge < -0.3 is 0 Å². The lowest BCUT2D eigenvalue weighted by Crippen LogP contribution is -2.41. The van der Waals surface area contributed by atoms with E-state index in [1.165, 1.54) is 83.1 Å². The monoisotopic (exact) mass is 642 g/mol. The van der Waals surface area contributed by atoms with E-state index in [0.29, 0.717) is 0 Å². The van der Waals surface area contributed by atoms with Crippen LogP contribution in [0, 0.1) is 0 Å². The van der Waals surface area contributed by atoms with Gasteiger partial charge >= 0.3 is 0 Å². The van der Waals surface area contributed by atoms with Crippen LogP contribution < -0.4 is 0 Å². The van der Waals surface area contributed by atoms with Crippen LogP contribution in [0.5, 0.6) is 0 Å². The Balaban J connectivity index is 1.38. The summed E-state index contributed by atoms with van der Waals surface area (Å²) in [4.78, 5) is 0. The molecule has 9 rings (SSSR count). The zero-order chi connectivity index (χ0) is 33.8. The first-order chi connectivity index (χ1) is 24.6. The Hall–Kier alpha value is -5.46. The Bertz CT molecular complexity index is 2320. The fourth-order valence-corrected chi connectivity index (χ4v) is 9.48. The van der Waals surface area contributed by atoms with Crippen molar-refractivity contribution in [3.8, 4) is 22.3 Å². The van der Waals surface area contributed by atoms with Crippen molar-refractivity contribution in [2.45, 2.75) is 50.9 Å². The van der Waals surface area contributed by atoms with Crippen LogP contribution in [0.25, 0.3) is 39.1 Å². The molecule has 0 nitrogen and oxygen atoms in total. The third-order valence-electron chi connectivity index (χ3n) is 11.7. The van der Waals surface area contributed by atoms with Gasteiger partial charge in [0.25, 0.3) is 0 Å². The summed E-state index contributed by atoms with van der Waals surface area (Å²) < 4.78 is 0. The van der Waals surface area contributed by atoms with E-state index < -0.39 is 5.41 Å². The first-order valence-corrected chi connectivity index (χ1v) is 18.3. The van der Waals surface area contributed by atoms with E-state index >= 15 is 0 Å². The Morgan fingerprint density at radius 2 is 1.04 bits per heavy atom. The standard InChI is InChI=1S/C50H42/c1-4-34-23-27-42-43-28-24-35(5-2)31-47(43)49(46(42)30-34)50(39-17-8-6-9-18-39,40-19-10-7-11-20-40)48-33(3)29-45-41(21-14-22-44(45)48)38-26-25-36-15-12-13-16-37(36)32-38/h6-32,48-49H,4-5H2,1-3H3. The molecule has 2 aliphatic carbocycles. The van der Waals surface area contributed by atoms with Gasteiger partial charge in [-0.05, 0) is 103 Å². The van der Waals surface area contributed by atoms with Crippen molar-refractivity contribution in [3.63, 3.8) is 0 Å². The maximum atomic E-state index is 2.53. The van der Waals surface area contributed by atoms with Crippen molar-refractivity contribution in [2.24, 2.45) is 0 Å². The van der Waals surface area contributed by atoms with Crippen LogP contribution in [-0.4, -0.2) is 0 Å². The summed E-state index contributed by atoms with van der Waals surface area (Å²) in [6, 6.07) is 60.2. The molecule has 0 bridgehead atoms. The molecule has 50 heavy (non-hydrogen) atoms. The molecule has 0 heterocycles. The lowest BCUT2D eigenvalue weighted by molar-refractivity contribution is 0.405. The summed E-state index contributed by atoms with van der Waals surface area (Å²) in [6.07, 6.45) is 4.54. The molecular formula is C50H42. The van der Waals surface area contributed by atoms with Crippen molar-refractivity contribution < 1.29 is 0 Å². The minimum atomic E-state index is -0.422. The molecule has 2 aliphatic rings. The Morgan fingerprint density at radius 3 is 1.64 bits per heavy atom. The van der Waals surface area contributed by atoms with E-state index in [1.54, 1.807) is 0 Å². The largest absolute Gasteiger partial charge is 0.0639 e. The molecular weight excluding hydrogens is 601 g/mol. The molecule has 1 atom stereocenters. The normalized spacial score (nSPS) is 15.1. The molecule has 0 amide bonds. The van der Waals surface area contributed by atoms with E-state index in [9.17, 15) is 0 Å². The number of hydrogen-bond donors (Lipinski definition) is 0. The molecule has 0 aliphatic heterocycles. The van der Waals surface area contributed by atoms with E-state index in [1.807, 2.05) is 0 Å². The summed E-state index contributed by atoms with van der Waals surface area (Å²) >= 11 is 0. The molecule has 7 aromatic carbocycles. The van der Waals surface area contributed by atoms with Gasteiger partial charge in [0.15, 0.2) is 0 Å². The highest BCUT2D eigenvalue weighted by molar-refractivity contribution is 5.91. The molecule has 0 saturated carbocycles. The maximum absolute atomic E-state index is 2.53. The van der Waals surface area contributed by atoms with Crippen LogP contribution in [-0.2, 0) is 18.3 Å². The van der Waals surface area contributed by atoms with Crippen molar-refractivity contribution in [1.82, 2.24) is 0 Å². The quantitative estimate of drug-likeness (QED) is 0.162. The summed E-state index contributed by atoms with van der Waals surface area (Å²) in [5.41, 5.74) is 17.5. The summed E-state index contributed by atoms with van der Waals surface area (Å²) in [7, 11) is 0. The van der Waals surface area contributed by atoms with Gasteiger partial charge in [-0.3, -0.25) is 0 Å². The topological polar surface area (TPSA) is 0 Å². The SMILES string of the molecule is CCc1ccc2c(c1)C(C(c1ccccc1)(c1ccccc1)C1C(C)=Cc3c(-c4ccc5ccccc5c4)cccc31)c1cc(CC)ccc1-2. The fourth-order valence-electron chi connectivity index (χ4n) is 9.48. The number of allylic oxidation sites excluding steroid dienone is 1. The van der Waals surface area contributed by atoms with Crippen molar-refractivity contribution in [1.29, 1.82) is 0 Å². The summed E-state index contributed by atoms with van der Waals surface area (Å²) in [6.45, 7) is 6.95. The maximum Gasteiger partial charge on any atom is 0.0418 e. The number of aryl methyl sites for hydroxylation is 2. The van der Waals surface area contributed by atoms with Gasteiger partial charge in [-0.1, -0.05) is 177 Å². The second-order valence-corrected chi connectivity index (χ2v) is 14.3. The van der Waals surface area contributed by atoms with Crippen LogP contribution in [0.1, 0.15) is 77.1 Å². The molecule has 0 heteroatoms. The number of hydrogen-bond acceptors (Lipinski definition) is 0. The molecule has 1 unspecified atom stereocenters. The van der Waals surface area contributed by atoms with E-state index in [-0.39, 0.29) is 11.8 Å². The van der Waals surface area contributed by atoms with E-state index in [2.05, 4.69) is 185 Å². The molecule has 242 valence electrons. The molecule has 0 aromatic heterocycles. The average molecular weight is 643 g/mol. The van der Waals surface area contributed by atoms with Crippen LogP contribution >= 0.6 is 0 Å². The lowest BCUT2D eigenvalue weighted by atomic mass is 9.54. The zero-order valence-electron chi connectivity index (χ0n) is 29.2. The molecule has 0 fully saturated rings. The second kappa shape index (κ2) is 12.1. The van der Waals surface area contributed by atoms with Crippen LogP contribution in [0.2, 0.25) is 0 Å².